The van der Waals surface area contributed by atoms with Gasteiger partial charge in [0.2, 0.25) is 0 Å². The first-order valence-corrected chi connectivity index (χ1v) is 11.1. The number of guanidine groups is 1. The molecule has 0 spiro atoms. The second-order valence-corrected chi connectivity index (χ2v) is 8.24. The molecule has 3 rings (SSSR count). The van der Waals surface area contributed by atoms with Crippen LogP contribution in [0.4, 0.5) is 4.79 Å². The zero-order valence-electron chi connectivity index (χ0n) is 18.6. The van der Waals surface area contributed by atoms with Gasteiger partial charge in [0.1, 0.15) is 0 Å². The smallest absolute Gasteiger partial charge is 0.409 e. The third-order valence-electron chi connectivity index (χ3n) is 6.35. The lowest BCUT2D eigenvalue weighted by molar-refractivity contribution is 0.0511. The van der Waals surface area contributed by atoms with Crippen molar-refractivity contribution in [2.75, 3.05) is 46.5 Å². The number of ether oxygens (including phenoxy) is 2. The molecule has 7 nitrogen and oxygen atoms in total. The molecule has 166 valence electrons. The van der Waals surface area contributed by atoms with E-state index in [1.807, 2.05) is 14.0 Å². The molecule has 0 aromatic heterocycles. The topological polar surface area (TPSA) is 75.2 Å². The number of hydrogen-bond donors (Lipinski definition) is 2. The molecule has 2 saturated heterocycles. The number of carbonyl (C=O) groups excluding carboxylic acids is 1. The molecule has 0 unspecified atom stereocenters. The van der Waals surface area contributed by atoms with Crippen molar-refractivity contribution in [2.45, 2.75) is 51.0 Å². The predicted octanol–water partition coefficient (Wildman–Crippen LogP) is 2.83. The van der Waals surface area contributed by atoms with Gasteiger partial charge in [-0.1, -0.05) is 24.3 Å². The van der Waals surface area contributed by atoms with Crippen molar-refractivity contribution in [3.8, 4) is 0 Å². The fourth-order valence-electron chi connectivity index (χ4n) is 4.53. The fraction of sp³-hybridized carbons (Fsp3) is 0.652. The lowest BCUT2D eigenvalue weighted by atomic mass is 9.72. The molecule has 0 aliphatic carbocycles. The zero-order valence-corrected chi connectivity index (χ0v) is 18.6. The number of rotatable bonds is 5. The van der Waals surface area contributed by atoms with E-state index in [-0.39, 0.29) is 11.5 Å². The number of amides is 1. The van der Waals surface area contributed by atoms with E-state index < -0.39 is 0 Å². The Morgan fingerprint density at radius 2 is 1.97 bits per heavy atom. The van der Waals surface area contributed by atoms with E-state index in [9.17, 15) is 4.79 Å². The maximum atomic E-state index is 11.9. The Kier molecular flexibility index (Phi) is 7.96. The number of aliphatic imine (C=N–C) groups is 1. The first-order chi connectivity index (χ1) is 14.6. The Morgan fingerprint density at radius 3 is 2.60 bits per heavy atom. The normalized spacial score (nSPS) is 20.0. The molecule has 2 N–H and O–H groups in total. The van der Waals surface area contributed by atoms with Crippen LogP contribution in [0.25, 0.3) is 0 Å². The quantitative estimate of drug-likeness (QED) is 0.570. The predicted molar refractivity (Wildman–Crippen MR) is 119 cm³/mol. The van der Waals surface area contributed by atoms with Crippen LogP contribution < -0.4 is 10.6 Å². The van der Waals surface area contributed by atoms with Crippen LogP contribution >= 0.6 is 0 Å². The molecule has 0 atom stereocenters. The molecule has 2 aliphatic heterocycles. The van der Waals surface area contributed by atoms with Crippen LogP contribution in [0.2, 0.25) is 0 Å². The van der Waals surface area contributed by atoms with Crippen LogP contribution in [0.5, 0.6) is 0 Å². The number of carbonyl (C=O) groups is 1. The van der Waals surface area contributed by atoms with Crippen LogP contribution in [0.1, 0.15) is 43.7 Å². The molecule has 30 heavy (non-hydrogen) atoms. The Bertz CT molecular complexity index is 723. The first-order valence-electron chi connectivity index (χ1n) is 11.1. The van der Waals surface area contributed by atoms with E-state index in [0.717, 1.165) is 51.4 Å². The van der Waals surface area contributed by atoms with Crippen LogP contribution in [0.3, 0.4) is 0 Å². The summed E-state index contributed by atoms with van der Waals surface area (Å²) in [7, 11) is 1.81. The molecular weight excluding hydrogens is 380 g/mol. The summed E-state index contributed by atoms with van der Waals surface area (Å²) in [6, 6.07) is 8.97. The molecule has 2 heterocycles. The molecular formula is C23H36N4O3. The highest BCUT2D eigenvalue weighted by molar-refractivity contribution is 5.80. The number of hydrogen-bond acceptors (Lipinski definition) is 4. The van der Waals surface area contributed by atoms with E-state index in [1.54, 1.807) is 4.90 Å². The highest BCUT2D eigenvalue weighted by Gasteiger charge is 2.36. The SMILES string of the molecule is CCOC(=O)N1CCC(NC(=NC)NCC2(c3ccccc3C)CCOCC2)CC1. The molecule has 0 saturated carbocycles. The number of benzene rings is 1. The standard InChI is InChI=1S/C23H36N4O3/c1-4-30-22(28)27-13-9-19(10-14-27)26-21(24-3)25-17-23(11-15-29-16-12-23)20-8-6-5-7-18(20)2/h5-8,19H,4,9-17H2,1-3H3,(H2,24,25,26). The van der Waals surface area contributed by atoms with Gasteiger partial charge in [-0.2, -0.15) is 0 Å². The summed E-state index contributed by atoms with van der Waals surface area (Å²) in [5.74, 6) is 0.823. The fourth-order valence-corrected chi connectivity index (χ4v) is 4.53. The number of aryl methyl sites for hydroxylation is 1. The number of piperidine rings is 1. The van der Waals surface area contributed by atoms with Crippen LogP contribution in [-0.4, -0.2) is 69.5 Å². The molecule has 1 aromatic rings. The molecule has 7 heteroatoms. The van der Waals surface area contributed by atoms with Gasteiger partial charge in [-0.25, -0.2) is 4.79 Å². The monoisotopic (exact) mass is 416 g/mol. The van der Waals surface area contributed by atoms with Crippen molar-refractivity contribution < 1.29 is 14.3 Å². The van der Waals surface area contributed by atoms with Gasteiger partial charge in [0.15, 0.2) is 5.96 Å². The van der Waals surface area contributed by atoms with Gasteiger partial charge in [0.05, 0.1) is 6.61 Å². The van der Waals surface area contributed by atoms with Gasteiger partial charge >= 0.3 is 6.09 Å². The Morgan fingerprint density at radius 1 is 1.27 bits per heavy atom. The summed E-state index contributed by atoms with van der Waals surface area (Å²) in [4.78, 5) is 18.1. The first kappa shape index (κ1) is 22.4. The second-order valence-electron chi connectivity index (χ2n) is 8.24. The van der Waals surface area contributed by atoms with Crippen molar-refractivity contribution in [2.24, 2.45) is 4.99 Å². The highest BCUT2D eigenvalue weighted by atomic mass is 16.6. The van der Waals surface area contributed by atoms with E-state index >= 15 is 0 Å². The lowest BCUT2D eigenvalue weighted by Crippen LogP contribution is -2.52. The maximum Gasteiger partial charge on any atom is 0.409 e. The average molecular weight is 417 g/mol. The summed E-state index contributed by atoms with van der Waals surface area (Å²) in [6.45, 7) is 8.25. The van der Waals surface area contributed by atoms with Crippen molar-refractivity contribution in [1.82, 2.24) is 15.5 Å². The van der Waals surface area contributed by atoms with Crippen molar-refractivity contribution >= 4 is 12.1 Å². The number of nitrogens with one attached hydrogen (secondary N) is 2. The molecule has 0 bridgehead atoms. The average Bonchev–Trinajstić information content (AvgIpc) is 2.78. The van der Waals surface area contributed by atoms with Crippen LogP contribution in [-0.2, 0) is 14.9 Å². The highest BCUT2D eigenvalue weighted by Crippen LogP contribution is 2.36. The number of nitrogens with zero attached hydrogens (tertiary/aromatic N) is 2. The van der Waals surface area contributed by atoms with Gasteiger partial charge < -0.3 is 25.0 Å². The minimum Gasteiger partial charge on any atom is -0.450 e. The van der Waals surface area contributed by atoms with Crippen LogP contribution in [0.15, 0.2) is 29.3 Å². The van der Waals surface area contributed by atoms with Gasteiger partial charge in [-0.3, -0.25) is 4.99 Å². The summed E-state index contributed by atoms with van der Waals surface area (Å²) >= 11 is 0. The molecule has 1 aromatic carbocycles. The van der Waals surface area contributed by atoms with Gasteiger partial charge in [0.25, 0.3) is 0 Å². The molecule has 0 radical (unpaired) electrons. The lowest BCUT2D eigenvalue weighted by Gasteiger charge is -2.39. The third-order valence-corrected chi connectivity index (χ3v) is 6.35. The minimum atomic E-state index is -0.210. The van der Waals surface area contributed by atoms with Crippen LogP contribution in [0, 0.1) is 6.92 Å². The molecule has 2 aliphatic rings. The van der Waals surface area contributed by atoms with E-state index in [0.29, 0.717) is 25.7 Å². The van der Waals surface area contributed by atoms with Gasteiger partial charge in [-0.15, -0.1) is 0 Å². The van der Waals surface area contributed by atoms with Crippen molar-refractivity contribution in [3.05, 3.63) is 35.4 Å². The van der Waals surface area contributed by atoms with E-state index in [2.05, 4.69) is 46.8 Å². The Hall–Kier alpha value is -2.28. The Balaban J connectivity index is 1.58. The van der Waals surface area contributed by atoms with E-state index in [4.69, 9.17) is 9.47 Å². The van der Waals surface area contributed by atoms with Gasteiger partial charge in [0, 0.05) is 51.4 Å². The minimum absolute atomic E-state index is 0.0501. The summed E-state index contributed by atoms with van der Waals surface area (Å²) < 4.78 is 10.8. The largest absolute Gasteiger partial charge is 0.450 e. The van der Waals surface area contributed by atoms with Crippen molar-refractivity contribution in [3.63, 3.8) is 0 Å². The summed E-state index contributed by atoms with van der Waals surface area (Å²) in [5.41, 5.74) is 2.78. The Labute approximate surface area is 180 Å². The van der Waals surface area contributed by atoms with Crippen molar-refractivity contribution in [1.29, 1.82) is 0 Å². The van der Waals surface area contributed by atoms with E-state index in [1.165, 1.54) is 11.1 Å². The molecule has 2 fully saturated rings. The summed E-state index contributed by atoms with van der Waals surface area (Å²) in [6.07, 6.45) is 3.56. The zero-order chi connectivity index (χ0) is 21.4. The second kappa shape index (κ2) is 10.7. The molecule has 1 amide bonds. The third kappa shape index (κ3) is 5.45. The number of likely N-dealkylation sites (tertiary alicyclic amines) is 1. The van der Waals surface area contributed by atoms with Gasteiger partial charge in [-0.05, 0) is 50.7 Å². The maximum absolute atomic E-state index is 11.9. The summed E-state index contributed by atoms with van der Waals surface area (Å²) in [5, 5.41) is 7.13.